The van der Waals surface area contributed by atoms with Gasteiger partial charge in [0.25, 0.3) is 0 Å². The quantitative estimate of drug-likeness (QED) is 0.508. The molecular formula is C20H22O2S. The first-order valence-electron chi connectivity index (χ1n) is 8.63. The Labute approximate surface area is 141 Å². The molecule has 0 unspecified atom stereocenters. The molecule has 1 saturated carbocycles. The average Bonchev–Trinajstić information content (AvgIpc) is 2.86. The monoisotopic (exact) mass is 326 g/mol. The van der Waals surface area contributed by atoms with Crippen LogP contribution in [0.25, 0.3) is 0 Å². The van der Waals surface area contributed by atoms with Gasteiger partial charge >= 0.3 is 5.97 Å². The van der Waals surface area contributed by atoms with E-state index in [4.69, 9.17) is 4.74 Å². The van der Waals surface area contributed by atoms with Crippen molar-refractivity contribution in [2.45, 2.75) is 39.5 Å². The summed E-state index contributed by atoms with van der Waals surface area (Å²) in [6, 6.07) is 8.16. The van der Waals surface area contributed by atoms with Crippen molar-refractivity contribution >= 4 is 17.7 Å². The Morgan fingerprint density at radius 3 is 2.83 bits per heavy atom. The number of esters is 1. The fourth-order valence-corrected chi connectivity index (χ4v) is 7.41. The molecule has 0 saturated heterocycles. The van der Waals surface area contributed by atoms with Crippen LogP contribution in [0, 0.1) is 22.7 Å². The molecule has 0 N–H and O–H groups in total. The van der Waals surface area contributed by atoms with E-state index in [1.807, 2.05) is 23.9 Å². The van der Waals surface area contributed by atoms with Crippen LogP contribution < -0.4 is 4.74 Å². The third-order valence-electron chi connectivity index (χ3n) is 7.28. The van der Waals surface area contributed by atoms with Gasteiger partial charge < -0.3 is 4.74 Å². The third-order valence-corrected chi connectivity index (χ3v) is 8.78. The lowest BCUT2D eigenvalue weighted by Crippen LogP contribution is -2.38. The van der Waals surface area contributed by atoms with Crippen LogP contribution in [0.2, 0.25) is 0 Å². The first kappa shape index (κ1) is 14.2. The van der Waals surface area contributed by atoms with E-state index in [0.29, 0.717) is 16.7 Å². The number of carbonyl (C=O) groups is 1. The summed E-state index contributed by atoms with van der Waals surface area (Å²) in [4.78, 5) is 14.2. The van der Waals surface area contributed by atoms with Crippen molar-refractivity contribution in [3.8, 4) is 5.75 Å². The SMILES string of the molecule is CC1(C)[C@@H]2CC[C@@]1(C)C1=C2[C@@H]2c3ccccc3OC(=O)[C@@H]2CS1. The summed E-state index contributed by atoms with van der Waals surface area (Å²) in [5.41, 5.74) is 3.40. The minimum absolute atomic E-state index is 0.00704. The number of fused-ring (bicyclic) bond motifs is 8. The summed E-state index contributed by atoms with van der Waals surface area (Å²) in [6.45, 7) is 7.33. The van der Waals surface area contributed by atoms with Crippen molar-refractivity contribution in [2.75, 3.05) is 5.75 Å². The van der Waals surface area contributed by atoms with Crippen LogP contribution in [0.5, 0.6) is 5.75 Å². The molecule has 1 aromatic rings. The Morgan fingerprint density at radius 2 is 2.00 bits per heavy atom. The highest BCUT2D eigenvalue weighted by molar-refractivity contribution is 8.03. The van der Waals surface area contributed by atoms with Crippen molar-refractivity contribution in [1.29, 1.82) is 0 Å². The van der Waals surface area contributed by atoms with Crippen LogP contribution in [0.4, 0.5) is 0 Å². The van der Waals surface area contributed by atoms with Gasteiger partial charge in [0.2, 0.25) is 0 Å². The summed E-state index contributed by atoms with van der Waals surface area (Å²) >= 11 is 1.94. The van der Waals surface area contributed by atoms with E-state index >= 15 is 0 Å². The molecule has 0 amide bonds. The molecule has 1 fully saturated rings. The Hall–Kier alpha value is -1.22. The van der Waals surface area contributed by atoms with Crippen LogP contribution >= 0.6 is 11.8 Å². The van der Waals surface area contributed by atoms with Crippen LogP contribution in [0.15, 0.2) is 34.7 Å². The minimum Gasteiger partial charge on any atom is -0.426 e. The number of thioether (sulfide) groups is 1. The normalized spacial score (nSPS) is 39.6. The zero-order chi connectivity index (χ0) is 16.0. The fraction of sp³-hybridized carbons (Fsp3) is 0.550. The van der Waals surface area contributed by atoms with Crippen LogP contribution in [-0.4, -0.2) is 11.7 Å². The lowest BCUT2D eigenvalue weighted by Gasteiger charge is -2.41. The molecular weight excluding hydrogens is 304 g/mol. The van der Waals surface area contributed by atoms with Gasteiger partial charge in [0, 0.05) is 22.6 Å². The highest BCUT2D eigenvalue weighted by Crippen LogP contribution is 2.74. The third kappa shape index (κ3) is 1.51. The maximum Gasteiger partial charge on any atom is 0.316 e. The van der Waals surface area contributed by atoms with Gasteiger partial charge in [-0.2, -0.15) is 0 Å². The van der Waals surface area contributed by atoms with Gasteiger partial charge in [-0.05, 0) is 40.7 Å². The number of rotatable bonds is 0. The molecule has 4 atom stereocenters. The van der Waals surface area contributed by atoms with Gasteiger partial charge in [-0.1, -0.05) is 39.0 Å². The number of allylic oxidation sites excluding steroid dienone is 2. The second kappa shape index (κ2) is 4.24. The minimum atomic E-state index is -0.0292. The number of benzene rings is 1. The number of ether oxygens (including phenoxy) is 1. The van der Waals surface area contributed by atoms with Crippen molar-refractivity contribution in [2.24, 2.45) is 22.7 Å². The Kier molecular flexibility index (Phi) is 2.61. The largest absolute Gasteiger partial charge is 0.426 e. The predicted octanol–water partition coefficient (Wildman–Crippen LogP) is 4.76. The number of para-hydroxylation sites is 1. The van der Waals surface area contributed by atoms with E-state index in [1.54, 1.807) is 10.5 Å². The summed E-state index contributed by atoms with van der Waals surface area (Å²) in [5, 5.41) is 0. The van der Waals surface area contributed by atoms with Gasteiger partial charge in [-0.25, -0.2) is 0 Å². The molecule has 2 nitrogen and oxygen atoms in total. The Balaban J connectivity index is 1.75. The first-order chi connectivity index (χ1) is 10.9. The van der Waals surface area contributed by atoms with E-state index in [-0.39, 0.29) is 17.8 Å². The van der Waals surface area contributed by atoms with Crippen LogP contribution in [-0.2, 0) is 4.79 Å². The highest BCUT2D eigenvalue weighted by Gasteiger charge is 2.64. The summed E-state index contributed by atoms with van der Waals surface area (Å²) < 4.78 is 5.63. The maximum absolute atomic E-state index is 12.6. The lowest BCUT2D eigenvalue weighted by molar-refractivity contribution is -0.140. The standard InChI is InChI=1S/C20H22O2S/c1-19(2)13-8-9-20(19,3)17-16(13)15-11-6-4-5-7-14(11)22-18(21)12(15)10-23-17/h4-7,12-13,15H,8-10H2,1-3H3/t12-,13-,15-,20+/m1/s1. The Bertz CT molecular complexity index is 763. The van der Waals surface area contributed by atoms with E-state index in [0.717, 1.165) is 11.5 Å². The predicted molar refractivity (Wildman–Crippen MR) is 92.4 cm³/mol. The molecule has 4 aliphatic rings. The topological polar surface area (TPSA) is 26.3 Å². The van der Waals surface area contributed by atoms with Gasteiger partial charge in [-0.3, -0.25) is 4.79 Å². The zero-order valence-corrected chi connectivity index (χ0v) is 14.7. The molecule has 2 heterocycles. The lowest BCUT2D eigenvalue weighted by atomic mass is 9.69. The first-order valence-corrected chi connectivity index (χ1v) is 9.61. The number of hydrogen-bond acceptors (Lipinski definition) is 3. The van der Waals surface area contributed by atoms with Crippen molar-refractivity contribution in [1.82, 2.24) is 0 Å². The van der Waals surface area contributed by atoms with E-state index in [2.05, 4.69) is 32.9 Å². The van der Waals surface area contributed by atoms with Crippen molar-refractivity contribution in [3.05, 3.63) is 40.3 Å². The molecule has 1 aromatic carbocycles. The second-order valence-corrected chi connectivity index (χ2v) is 9.31. The van der Waals surface area contributed by atoms with E-state index in [1.165, 1.54) is 18.4 Å². The molecule has 120 valence electrons. The zero-order valence-electron chi connectivity index (χ0n) is 13.9. The molecule has 0 aromatic heterocycles. The van der Waals surface area contributed by atoms with Gasteiger partial charge in [0.1, 0.15) is 5.75 Å². The molecule has 2 bridgehead atoms. The highest BCUT2D eigenvalue weighted by atomic mass is 32.2. The molecule has 0 radical (unpaired) electrons. The fourth-order valence-electron chi connectivity index (χ4n) is 5.62. The summed E-state index contributed by atoms with van der Waals surface area (Å²) in [7, 11) is 0. The van der Waals surface area contributed by atoms with Gasteiger partial charge in [-0.15, -0.1) is 11.8 Å². The van der Waals surface area contributed by atoms with Crippen molar-refractivity contribution < 1.29 is 9.53 Å². The van der Waals surface area contributed by atoms with Crippen LogP contribution in [0.1, 0.15) is 45.1 Å². The average molecular weight is 326 g/mol. The molecule has 0 spiro atoms. The Morgan fingerprint density at radius 1 is 1.22 bits per heavy atom. The summed E-state index contributed by atoms with van der Waals surface area (Å²) in [6.07, 6.45) is 2.56. The van der Waals surface area contributed by atoms with E-state index in [9.17, 15) is 4.79 Å². The second-order valence-electron chi connectivity index (χ2n) is 8.28. The number of carbonyl (C=O) groups excluding carboxylic acids is 1. The molecule has 2 aliphatic heterocycles. The van der Waals surface area contributed by atoms with Crippen molar-refractivity contribution in [3.63, 3.8) is 0 Å². The smallest absolute Gasteiger partial charge is 0.316 e. The van der Waals surface area contributed by atoms with Gasteiger partial charge in [0.15, 0.2) is 0 Å². The van der Waals surface area contributed by atoms with Gasteiger partial charge in [0.05, 0.1) is 5.92 Å². The molecule has 3 heteroatoms. The number of hydrogen-bond donors (Lipinski definition) is 0. The maximum atomic E-state index is 12.6. The molecule has 5 rings (SSSR count). The molecule has 23 heavy (non-hydrogen) atoms. The van der Waals surface area contributed by atoms with E-state index < -0.39 is 0 Å². The van der Waals surface area contributed by atoms with Crippen LogP contribution in [0.3, 0.4) is 0 Å². The molecule has 2 aliphatic carbocycles. The summed E-state index contributed by atoms with van der Waals surface area (Å²) in [5.74, 6) is 2.47.